The molecule has 1 fully saturated rings. The molecular weight excluding hydrogens is 394 g/mol. The van der Waals surface area contributed by atoms with Gasteiger partial charge in [0.25, 0.3) is 11.1 Å². The molecule has 0 saturated carbocycles. The monoisotopic (exact) mass is 407 g/mol. The summed E-state index contributed by atoms with van der Waals surface area (Å²) in [5.74, 6) is 1.00. The fraction of sp³-hybridized carbons (Fsp3) is 0. The number of carbonyl (C=O) groups is 2. The van der Waals surface area contributed by atoms with E-state index in [1.54, 1.807) is 30.3 Å². The number of carbonyl (C=O) groups excluding carboxylic acids is 2. The van der Waals surface area contributed by atoms with Gasteiger partial charge in [0.15, 0.2) is 0 Å². The number of rotatable bonds is 4. The number of ether oxygens (including phenoxy) is 1. The SMILES string of the molecule is O=C1S/C(=C/c2cccc(Oc3ccccc3)c2)C(=O)N1c1cccc(Cl)c1. The standard InChI is InChI=1S/C22H14ClNO3S/c23-16-7-5-8-17(14-16)24-21(25)20(28-22(24)26)13-15-6-4-11-19(12-15)27-18-9-2-1-3-10-18/h1-14H/b20-13+. The number of thioether (sulfide) groups is 1. The molecule has 4 nitrogen and oxygen atoms in total. The van der Waals surface area contributed by atoms with Crippen LogP contribution >= 0.6 is 23.4 Å². The van der Waals surface area contributed by atoms with E-state index in [0.29, 0.717) is 21.4 Å². The summed E-state index contributed by atoms with van der Waals surface area (Å²) >= 11 is 6.89. The van der Waals surface area contributed by atoms with Gasteiger partial charge in [-0.2, -0.15) is 0 Å². The highest BCUT2D eigenvalue weighted by molar-refractivity contribution is 8.19. The van der Waals surface area contributed by atoms with E-state index in [1.165, 1.54) is 0 Å². The van der Waals surface area contributed by atoms with Crippen molar-refractivity contribution in [3.63, 3.8) is 0 Å². The fourth-order valence-corrected chi connectivity index (χ4v) is 3.78. The van der Waals surface area contributed by atoms with Crippen molar-refractivity contribution in [2.24, 2.45) is 0 Å². The van der Waals surface area contributed by atoms with E-state index in [4.69, 9.17) is 16.3 Å². The van der Waals surface area contributed by atoms with Crippen LogP contribution in [0.3, 0.4) is 0 Å². The molecule has 0 atom stereocenters. The van der Waals surface area contributed by atoms with Crippen molar-refractivity contribution in [2.75, 3.05) is 4.90 Å². The summed E-state index contributed by atoms with van der Waals surface area (Å²) in [5.41, 5.74) is 1.23. The number of halogens is 1. The lowest BCUT2D eigenvalue weighted by atomic mass is 10.2. The second-order valence-corrected chi connectivity index (χ2v) is 7.41. The van der Waals surface area contributed by atoms with E-state index in [0.717, 1.165) is 28.0 Å². The topological polar surface area (TPSA) is 46.6 Å². The first-order valence-electron chi connectivity index (χ1n) is 8.47. The maximum Gasteiger partial charge on any atom is 0.298 e. The Morgan fingerprint density at radius 2 is 1.61 bits per heavy atom. The van der Waals surface area contributed by atoms with E-state index < -0.39 is 0 Å². The molecule has 1 aliphatic heterocycles. The van der Waals surface area contributed by atoms with Crippen molar-refractivity contribution in [1.29, 1.82) is 0 Å². The van der Waals surface area contributed by atoms with Crippen LogP contribution in [0.2, 0.25) is 5.02 Å². The van der Waals surface area contributed by atoms with Crippen molar-refractivity contribution < 1.29 is 14.3 Å². The summed E-state index contributed by atoms with van der Waals surface area (Å²) in [6.45, 7) is 0. The largest absolute Gasteiger partial charge is 0.457 e. The van der Waals surface area contributed by atoms with Crippen LogP contribution in [0.5, 0.6) is 11.5 Å². The van der Waals surface area contributed by atoms with E-state index in [2.05, 4.69) is 0 Å². The molecule has 0 unspecified atom stereocenters. The number of benzene rings is 3. The Morgan fingerprint density at radius 3 is 2.39 bits per heavy atom. The third-order valence-corrected chi connectivity index (χ3v) is 5.10. The Hall–Kier alpha value is -3.02. The highest BCUT2D eigenvalue weighted by Crippen LogP contribution is 2.36. The van der Waals surface area contributed by atoms with Gasteiger partial charge in [-0.3, -0.25) is 9.59 Å². The summed E-state index contributed by atoms with van der Waals surface area (Å²) in [6.07, 6.45) is 1.69. The minimum Gasteiger partial charge on any atom is -0.457 e. The molecule has 0 spiro atoms. The molecule has 0 aromatic heterocycles. The van der Waals surface area contributed by atoms with Gasteiger partial charge in [0.05, 0.1) is 10.6 Å². The molecule has 0 N–H and O–H groups in total. The lowest BCUT2D eigenvalue weighted by Crippen LogP contribution is -2.27. The Balaban J connectivity index is 1.58. The van der Waals surface area contributed by atoms with Gasteiger partial charge in [-0.1, -0.05) is 48.0 Å². The van der Waals surface area contributed by atoms with Crippen molar-refractivity contribution in [1.82, 2.24) is 0 Å². The maximum atomic E-state index is 12.7. The molecule has 2 amide bonds. The maximum absolute atomic E-state index is 12.7. The first-order chi connectivity index (χ1) is 13.6. The van der Waals surface area contributed by atoms with Crippen molar-refractivity contribution in [2.45, 2.75) is 0 Å². The van der Waals surface area contributed by atoms with Gasteiger partial charge in [-0.15, -0.1) is 0 Å². The normalized spacial score (nSPS) is 15.3. The van der Waals surface area contributed by atoms with Gasteiger partial charge in [0.2, 0.25) is 0 Å². The highest BCUT2D eigenvalue weighted by Gasteiger charge is 2.36. The smallest absolute Gasteiger partial charge is 0.298 e. The molecule has 3 aromatic carbocycles. The quantitative estimate of drug-likeness (QED) is 0.471. The number of para-hydroxylation sites is 1. The fourth-order valence-electron chi connectivity index (χ4n) is 2.75. The van der Waals surface area contributed by atoms with Crippen molar-refractivity contribution >= 4 is 46.3 Å². The Morgan fingerprint density at radius 1 is 0.857 bits per heavy atom. The summed E-state index contributed by atoms with van der Waals surface area (Å²) in [5, 5.41) is 0.112. The Bertz CT molecular complexity index is 1080. The number of amides is 2. The highest BCUT2D eigenvalue weighted by atomic mass is 35.5. The number of anilines is 1. The molecule has 1 aliphatic rings. The summed E-state index contributed by atoms with van der Waals surface area (Å²) in [6, 6.07) is 23.4. The van der Waals surface area contributed by atoms with Gasteiger partial charge < -0.3 is 4.74 Å². The zero-order valence-corrected chi connectivity index (χ0v) is 16.1. The predicted octanol–water partition coefficient (Wildman–Crippen LogP) is 6.37. The van der Waals surface area contributed by atoms with Crippen LogP contribution in [-0.4, -0.2) is 11.1 Å². The lowest BCUT2D eigenvalue weighted by Gasteiger charge is -2.12. The molecule has 3 aromatic rings. The summed E-state index contributed by atoms with van der Waals surface area (Å²) < 4.78 is 5.82. The first kappa shape index (κ1) is 18.3. The first-order valence-corrected chi connectivity index (χ1v) is 9.66. The minimum atomic E-state index is -0.369. The van der Waals surface area contributed by atoms with E-state index in [9.17, 15) is 9.59 Å². The average molecular weight is 408 g/mol. The minimum absolute atomic E-state index is 0.349. The Kier molecular flexibility index (Phi) is 5.19. The molecule has 6 heteroatoms. The molecule has 0 aliphatic carbocycles. The molecule has 0 radical (unpaired) electrons. The zero-order valence-electron chi connectivity index (χ0n) is 14.5. The lowest BCUT2D eigenvalue weighted by molar-refractivity contribution is -0.113. The van der Waals surface area contributed by atoms with Crippen molar-refractivity contribution in [3.8, 4) is 11.5 Å². The third-order valence-electron chi connectivity index (χ3n) is 3.99. The van der Waals surface area contributed by atoms with E-state index >= 15 is 0 Å². The van der Waals surface area contributed by atoms with Crippen LogP contribution in [0.1, 0.15) is 5.56 Å². The van der Waals surface area contributed by atoms with Gasteiger partial charge in [-0.25, -0.2) is 4.90 Å². The van der Waals surface area contributed by atoms with Crippen molar-refractivity contribution in [3.05, 3.63) is 94.4 Å². The zero-order chi connectivity index (χ0) is 19.5. The molecule has 0 bridgehead atoms. The van der Waals surface area contributed by atoms with Crippen LogP contribution in [0, 0.1) is 0 Å². The third kappa shape index (κ3) is 3.96. The molecule has 28 heavy (non-hydrogen) atoms. The second kappa shape index (κ2) is 7.92. The predicted molar refractivity (Wildman–Crippen MR) is 113 cm³/mol. The van der Waals surface area contributed by atoms with Gasteiger partial charge in [0, 0.05) is 5.02 Å². The second-order valence-electron chi connectivity index (χ2n) is 5.98. The molecular formula is C22H14ClNO3S. The molecule has 138 valence electrons. The summed E-state index contributed by atoms with van der Waals surface area (Å²) in [4.78, 5) is 26.6. The Labute approximate surface area is 171 Å². The van der Waals surface area contributed by atoms with Crippen LogP contribution < -0.4 is 9.64 Å². The summed E-state index contributed by atoms with van der Waals surface area (Å²) in [7, 11) is 0. The average Bonchev–Trinajstić information content (AvgIpc) is 2.96. The number of imide groups is 1. The molecule has 4 rings (SSSR count). The number of nitrogens with zero attached hydrogens (tertiary/aromatic N) is 1. The van der Waals surface area contributed by atoms with Crippen LogP contribution in [0.4, 0.5) is 10.5 Å². The van der Waals surface area contributed by atoms with Gasteiger partial charge in [-0.05, 0) is 65.9 Å². The van der Waals surface area contributed by atoms with Crippen LogP contribution in [-0.2, 0) is 4.79 Å². The van der Waals surface area contributed by atoms with Crippen LogP contribution in [0.15, 0.2) is 83.8 Å². The van der Waals surface area contributed by atoms with Gasteiger partial charge in [0.1, 0.15) is 11.5 Å². The van der Waals surface area contributed by atoms with Gasteiger partial charge >= 0.3 is 0 Å². The number of hydrogen-bond acceptors (Lipinski definition) is 4. The molecule has 1 heterocycles. The van der Waals surface area contributed by atoms with Crippen LogP contribution in [0.25, 0.3) is 6.08 Å². The van der Waals surface area contributed by atoms with E-state index in [-0.39, 0.29) is 11.1 Å². The van der Waals surface area contributed by atoms with E-state index in [1.807, 2.05) is 54.6 Å². The number of hydrogen-bond donors (Lipinski definition) is 0. The molecule has 1 saturated heterocycles.